The summed E-state index contributed by atoms with van der Waals surface area (Å²) in [6.45, 7) is 4.05. The van der Waals surface area contributed by atoms with Crippen LogP contribution in [0.15, 0.2) is 35.5 Å². The molecule has 1 saturated heterocycles. The lowest BCUT2D eigenvalue weighted by atomic mass is 9.96. The van der Waals surface area contributed by atoms with Crippen LogP contribution in [0.25, 0.3) is 0 Å². The first-order valence-corrected chi connectivity index (χ1v) is 9.19. The molecule has 0 saturated carbocycles. The van der Waals surface area contributed by atoms with Crippen LogP contribution in [-0.2, 0) is 4.79 Å². The van der Waals surface area contributed by atoms with Gasteiger partial charge in [0.2, 0.25) is 0 Å². The predicted molar refractivity (Wildman–Crippen MR) is 94.7 cm³/mol. The zero-order valence-electron chi connectivity index (χ0n) is 14.6. The normalized spacial score (nSPS) is 23.7. The maximum absolute atomic E-state index is 13.6. The number of carbonyl (C=O) groups excluding carboxylic acids is 2. The van der Waals surface area contributed by atoms with Crippen molar-refractivity contribution in [3.8, 4) is 0 Å². The van der Waals surface area contributed by atoms with Gasteiger partial charge in [0.1, 0.15) is 5.82 Å². The molecule has 0 aliphatic carbocycles. The number of nitrogens with one attached hydrogen (secondary N) is 2. The van der Waals surface area contributed by atoms with Gasteiger partial charge in [-0.1, -0.05) is 18.6 Å². The third-order valence-electron chi connectivity index (χ3n) is 5.34. The Morgan fingerprint density at radius 3 is 2.69 bits per heavy atom. The quantitative estimate of drug-likeness (QED) is 0.862. The maximum Gasteiger partial charge on any atom is 0.319 e. The third kappa shape index (κ3) is 3.31. The van der Waals surface area contributed by atoms with Crippen molar-refractivity contribution in [3.63, 3.8) is 0 Å². The lowest BCUT2D eigenvalue weighted by Crippen LogP contribution is -2.44. The number of likely N-dealkylation sites (tertiary alicyclic amines) is 1. The Balaban J connectivity index is 1.50. The standard InChI is InChI=1S/C19H23FN4O2/c20-14-6-4-5-13(11-14)17-16-15(21-19(26)22-17)12-24(18(16)25)10-9-23-7-2-1-3-8-23/h4-6,11,17H,1-3,7-10,12H2,(H2,21,22,26)/t17-/m1/s1. The molecule has 1 atom stereocenters. The number of hydrogen-bond donors (Lipinski definition) is 2. The van der Waals surface area contributed by atoms with Gasteiger partial charge in [0, 0.05) is 13.1 Å². The van der Waals surface area contributed by atoms with Crippen LogP contribution in [0.4, 0.5) is 9.18 Å². The number of hydrogen-bond acceptors (Lipinski definition) is 3. The fourth-order valence-electron chi connectivity index (χ4n) is 3.99. The predicted octanol–water partition coefficient (Wildman–Crippen LogP) is 1.76. The van der Waals surface area contributed by atoms with Crippen molar-refractivity contribution in [2.24, 2.45) is 0 Å². The molecule has 0 unspecified atom stereocenters. The average Bonchev–Trinajstić information content (AvgIpc) is 2.96. The highest BCUT2D eigenvalue weighted by Crippen LogP contribution is 2.32. The molecule has 3 heterocycles. The van der Waals surface area contributed by atoms with Crippen LogP contribution in [0.2, 0.25) is 0 Å². The van der Waals surface area contributed by atoms with Gasteiger partial charge < -0.3 is 20.4 Å². The topological polar surface area (TPSA) is 64.7 Å². The average molecular weight is 358 g/mol. The summed E-state index contributed by atoms with van der Waals surface area (Å²) in [6, 6.07) is 5.07. The van der Waals surface area contributed by atoms with Crippen LogP contribution in [0.1, 0.15) is 30.9 Å². The molecule has 1 aromatic rings. The van der Waals surface area contributed by atoms with E-state index in [0.717, 1.165) is 19.6 Å². The molecular weight excluding hydrogens is 335 g/mol. The van der Waals surface area contributed by atoms with Gasteiger partial charge in [-0.3, -0.25) is 4.79 Å². The van der Waals surface area contributed by atoms with Gasteiger partial charge >= 0.3 is 6.03 Å². The second-order valence-electron chi connectivity index (χ2n) is 7.11. The van der Waals surface area contributed by atoms with E-state index in [1.54, 1.807) is 17.0 Å². The number of amides is 3. The highest BCUT2D eigenvalue weighted by molar-refractivity contribution is 6.01. The summed E-state index contributed by atoms with van der Waals surface area (Å²) < 4.78 is 13.6. The van der Waals surface area contributed by atoms with Gasteiger partial charge in [0.05, 0.1) is 23.9 Å². The first-order valence-electron chi connectivity index (χ1n) is 9.19. The molecule has 3 aliphatic heterocycles. The molecule has 0 bridgehead atoms. The second kappa shape index (κ2) is 7.07. The van der Waals surface area contributed by atoms with Crippen molar-refractivity contribution in [2.75, 3.05) is 32.7 Å². The number of rotatable bonds is 4. The van der Waals surface area contributed by atoms with Crippen molar-refractivity contribution >= 4 is 11.9 Å². The fourth-order valence-corrected chi connectivity index (χ4v) is 3.99. The highest BCUT2D eigenvalue weighted by Gasteiger charge is 2.40. The van der Waals surface area contributed by atoms with Gasteiger partial charge in [-0.25, -0.2) is 9.18 Å². The van der Waals surface area contributed by atoms with E-state index in [9.17, 15) is 14.0 Å². The second-order valence-corrected chi connectivity index (χ2v) is 7.11. The van der Waals surface area contributed by atoms with Crippen molar-refractivity contribution < 1.29 is 14.0 Å². The van der Waals surface area contributed by atoms with E-state index in [0.29, 0.717) is 29.9 Å². The van der Waals surface area contributed by atoms with Crippen molar-refractivity contribution in [1.82, 2.24) is 20.4 Å². The molecule has 7 heteroatoms. The minimum atomic E-state index is -0.609. The van der Waals surface area contributed by atoms with E-state index in [1.807, 2.05) is 0 Å². The van der Waals surface area contributed by atoms with Gasteiger partial charge in [-0.05, 0) is 43.6 Å². The molecular formula is C19H23FN4O2. The summed E-state index contributed by atoms with van der Waals surface area (Å²) in [5, 5.41) is 5.51. The molecule has 0 spiro atoms. The summed E-state index contributed by atoms with van der Waals surface area (Å²) >= 11 is 0. The molecule has 1 fully saturated rings. The molecule has 1 aromatic carbocycles. The van der Waals surface area contributed by atoms with Crippen molar-refractivity contribution in [2.45, 2.75) is 25.3 Å². The Labute approximate surface area is 152 Å². The Hall–Kier alpha value is -2.41. The van der Waals surface area contributed by atoms with Crippen LogP contribution in [0.3, 0.4) is 0 Å². The van der Waals surface area contributed by atoms with E-state index in [4.69, 9.17) is 0 Å². The number of urea groups is 1. The number of piperidine rings is 1. The Bertz CT molecular complexity index is 758. The smallest absolute Gasteiger partial charge is 0.319 e. The molecule has 4 rings (SSSR count). The van der Waals surface area contributed by atoms with Crippen LogP contribution in [-0.4, -0.2) is 54.5 Å². The largest absolute Gasteiger partial charge is 0.332 e. The van der Waals surface area contributed by atoms with Crippen LogP contribution in [0.5, 0.6) is 0 Å². The van der Waals surface area contributed by atoms with Crippen molar-refractivity contribution in [3.05, 3.63) is 46.9 Å². The monoisotopic (exact) mass is 358 g/mol. The number of halogens is 1. The SMILES string of the molecule is O=C1NC2=C(C(=O)N(CCN3CCCCC3)C2)[C@@H](c2cccc(F)c2)N1. The summed E-state index contributed by atoms with van der Waals surface area (Å²) in [5.74, 6) is -0.469. The molecule has 3 amide bonds. The minimum absolute atomic E-state index is 0.0845. The molecule has 26 heavy (non-hydrogen) atoms. The van der Waals surface area contributed by atoms with E-state index in [2.05, 4.69) is 15.5 Å². The molecule has 0 aromatic heterocycles. The summed E-state index contributed by atoms with van der Waals surface area (Å²) in [4.78, 5) is 29.1. The van der Waals surface area contributed by atoms with Gasteiger partial charge in [0.15, 0.2) is 0 Å². The zero-order chi connectivity index (χ0) is 18.1. The van der Waals surface area contributed by atoms with Gasteiger partial charge in [0.25, 0.3) is 5.91 Å². The van der Waals surface area contributed by atoms with Crippen LogP contribution >= 0.6 is 0 Å². The number of nitrogens with zero attached hydrogens (tertiary/aromatic N) is 2. The summed E-state index contributed by atoms with van der Waals surface area (Å²) in [5.41, 5.74) is 1.74. The first-order chi connectivity index (χ1) is 12.6. The lowest BCUT2D eigenvalue weighted by molar-refractivity contribution is -0.126. The highest BCUT2D eigenvalue weighted by atomic mass is 19.1. The Kier molecular flexibility index (Phi) is 4.63. The Morgan fingerprint density at radius 2 is 1.92 bits per heavy atom. The molecule has 3 aliphatic rings. The Morgan fingerprint density at radius 1 is 1.12 bits per heavy atom. The van der Waals surface area contributed by atoms with Crippen LogP contribution < -0.4 is 10.6 Å². The third-order valence-corrected chi connectivity index (χ3v) is 5.34. The van der Waals surface area contributed by atoms with Crippen molar-refractivity contribution in [1.29, 1.82) is 0 Å². The number of carbonyl (C=O) groups is 2. The van der Waals surface area contributed by atoms with Crippen LogP contribution in [0, 0.1) is 5.82 Å². The van der Waals surface area contributed by atoms with E-state index < -0.39 is 6.04 Å². The zero-order valence-corrected chi connectivity index (χ0v) is 14.6. The molecule has 138 valence electrons. The van der Waals surface area contributed by atoms with Gasteiger partial charge in [-0.2, -0.15) is 0 Å². The van der Waals surface area contributed by atoms with E-state index in [-0.39, 0.29) is 17.8 Å². The molecule has 0 radical (unpaired) electrons. The molecule has 6 nitrogen and oxygen atoms in total. The first kappa shape index (κ1) is 17.0. The van der Waals surface area contributed by atoms with E-state index in [1.165, 1.54) is 31.4 Å². The lowest BCUT2D eigenvalue weighted by Gasteiger charge is -2.28. The summed E-state index contributed by atoms with van der Waals surface area (Å²) in [7, 11) is 0. The minimum Gasteiger partial charge on any atom is -0.332 e. The maximum atomic E-state index is 13.6. The van der Waals surface area contributed by atoms with E-state index >= 15 is 0 Å². The summed E-state index contributed by atoms with van der Waals surface area (Å²) in [6.07, 6.45) is 3.71. The number of benzene rings is 1. The van der Waals surface area contributed by atoms with Gasteiger partial charge in [-0.15, -0.1) is 0 Å². The fraction of sp³-hybridized carbons (Fsp3) is 0.474. The molecule has 2 N–H and O–H groups in total.